The Kier molecular flexibility index (Phi) is 4.92. The van der Waals surface area contributed by atoms with Gasteiger partial charge in [0.2, 0.25) is 0 Å². The van der Waals surface area contributed by atoms with Crippen molar-refractivity contribution in [2.24, 2.45) is 0 Å². The van der Waals surface area contributed by atoms with E-state index in [2.05, 4.69) is 4.98 Å². The van der Waals surface area contributed by atoms with Gasteiger partial charge in [0, 0.05) is 6.20 Å². The molecule has 0 amide bonds. The first-order valence-corrected chi connectivity index (χ1v) is 5.14. The molecule has 1 aromatic heterocycles. The summed E-state index contributed by atoms with van der Waals surface area (Å²) in [7, 11) is 0. The number of hydrogen-bond donors (Lipinski definition) is 0. The number of pyridine rings is 1. The van der Waals surface area contributed by atoms with E-state index in [4.69, 9.17) is 16.3 Å². The van der Waals surface area contributed by atoms with Crippen LogP contribution in [0.25, 0.3) is 6.08 Å². The average Bonchev–Trinajstić information content (AvgIpc) is 2.22. The Morgan fingerprint density at radius 1 is 1.69 bits per heavy atom. The van der Waals surface area contributed by atoms with Gasteiger partial charge in [0.15, 0.2) is 0 Å². The zero-order valence-corrected chi connectivity index (χ0v) is 9.50. The average molecular weight is 244 g/mol. The molecular weight excluding hydrogens is 233 g/mol. The molecule has 16 heavy (non-hydrogen) atoms. The second kappa shape index (κ2) is 6.23. The van der Waals surface area contributed by atoms with Crippen LogP contribution in [-0.2, 0) is 9.53 Å². The molecule has 0 spiro atoms. The summed E-state index contributed by atoms with van der Waals surface area (Å²) >= 11 is 5.54. The van der Waals surface area contributed by atoms with E-state index < -0.39 is 5.82 Å². The van der Waals surface area contributed by atoms with E-state index in [1.54, 1.807) is 6.92 Å². The predicted molar refractivity (Wildman–Crippen MR) is 59.5 cm³/mol. The van der Waals surface area contributed by atoms with E-state index in [-0.39, 0.29) is 23.1 Å². The lowest BCUT2D eigenvalue weighted by Crippen LogP contribution is -2.01. The van der Waals surface area contributed by atoms with Gasteiger partial charge in [0.05, 0.1) is 23.7 Å². The number of carbonyl (C=O) groups is 1. The van der Waals surface area contributed by atoms with Gasteiger partial charge >= 0.3 is 5.97 Å². The van der Waals surface area contributed by atoms with Gasteiger partial charge in [-0.1, -0.05) is 17.7 Å². The van der Waals surface area contributed by atoms with Crippen LogP contribution in [0.5, 0.6) is 0 Å². The third-order valence-electron chi connectivity index (χ3n) is 1.70. The first kappa shape index (κ1) is 12.6. The van der Waals surface area contributed by atoms with E-state index in [1.165, 1.54) is 24.4 Å². The molecule has 5 heteroatoms. The number of nitrogens with zero attached hydrogens (tertiary/aromatic N) is 1. The van der Waals surface area contributed by atoms with Gasteiger partial charge in [0.25, 0.3) is 0 Å². The Morgan fingerprint density at radius 3 is 3.06 bits per heavy atom. The number of esters is 1. The minimum absolute atomic E-state index is 0.0948. The maximum Gasteiger partial charge on any atom is 0.309 e. The second-order valence-electron chi connectivity index (χ2n) is 2.93. The third-order valence-corrected chi connectivity index (χ3v) is 1.91. The van der Waals surface area contributed by atoms with Crippen LogP contribution < -0.4 is 0 Å². The molecule has 0 radical (unpaired) electrons. The zero-order chi connectivity index (χ0) is 12.0. The minimum atomic E-state index is -0.521. The van der Waals surface area contributed by atoms with E-state index in [1.807, 2.05) is 0 Å². The van der Waals surface area contributed by atoms with Gasteiger partial charge in [0.1, 0.15) is 5.82 Å². The molecule has 0 unspecified atom stereocenters. The van der Waals surface area contributed by atoms with Crippen LogP contribution in [-0.4, -0.2) is 17.6 Å². The van der Waals surface area contributed by atoms with E-state index in [0.29, 0.717) is 6.61 Å². The van der Waals surface area contributed by atoms with Crippen molar-refractivity contribution in [1.29, 1.82) is 0 Å². The maximum absolute atomic E-state index is 13.2. The summed E-state index contributed by atoms with van der Waals surface area (Å²) in [5, 5.41) is 0.236. The molecular formula is C11H11ClFNO2. The summed E-state index contributed by atoms with van der Waals surface area (Å²) in [6, 6.07) is 1.17. The molecule has 0 atom stereocenters. The molecule has 0 aliphatic heterocycles. The van der Waals surface area contributed by atoms with Gasteiger partial charge in [-0.25, -0.2) is 4.39 Å². The van der Waals surface area contributed by atoms with Crippen molar-refractivity contribution in [3.05, 3.63) is 34.9 Å². The van der Waals surface area contributed by atoms with Crippen LogP contribution in [0.3, 0.4) is 0 Å². The lowest BCUT2D eigenvalue weighted by Gasteiger charge is -1.98. The Morgan fingerprint density at radius 2 is 2.44 bits per heavy atom. The van der Waals surface area contributed by atoms with Gasteiger partial charge < -0.3 is 4.74 Å². The molecule has 0 saturated heterocycles. The zero-order valence-electron chi connectivity index (χ0n) is 8.74. The Labute approximate surface area is 97.9 Å². The highest BCUT2D eigenvalue weighted by Gasteiger charge is 2.01. The number of rotatable bonds is 4. The number of halogens is 2. The van der Waals surface area contributed by atoms with Crippen molar-refractivity contribution in [2.45, 2.75) is 13.3 Å². The molecule has 0 N–H and O–H groups in total. The first-order chi connectivity index (χ1) is 7.63. The van der Waals surface area contributed by atoms with Gasteiger partial charge in [-0.2, -0.15) is 0 Å². The third kappa shape index (κ3) is 3.98. The number of aromatic nitrogens is 1. The summed E-state index contributed by atoms with van der Waals surface area (Å²) in [5.41, 5.74) is 0.147. The highest BCUT2D eigenvalue weighted by molar-refractivity contribution is 6.30. The summed E-state index contributed by atoms with van der Waals surface area (Å²) in [6.07, 6.45) is 4.35. The molecule has 1 aromatic rings. The molecule has 0 saturated carbocycles. The largest absolute Gasteiger partial charge is 0.466 e. The molecule has 0 aliphatic carbocycles. The fourth-order valence-electron chi connectivity index (χ4n) is 1.03. The fraction of sp³-hybridized carbons (Fsp3) is 0.273. The lowest BCUT2D eigenvalue weighted by atomic mass is 10.3. The normalized spacial score (nSPS) is 10.7. The SMILES string of the molecule is CCOC(=O)CC=Cc1ncc(Cl)cc1F. The topological polar surface area (TPSA) is 39.2 Å². The Bertz CT molecular complexity index is 407. The smallest absolute Gasteiger partial charge is 0.309 e. The van der Waals surface area contributed by atoms with Crippen molar-refractivity contribution >= 4 is 23.6 Å². The molecule has 0 aliphatic rings. The van der Waals surface area contributed by atoms with Crippen molar-refractivity contribution in [1.82, 2.24) is 4.98 Å². The van der Waals surface area contributed by atoms with Crippen LogP contribution in [0.2, 0.25) is 5.02 Å². The monoisotopic (exact) mass is 243 g/mol. The number of carbonyl (C=O) groups excluding carboxylic acids is 1. The van der Waals surface area contributed by atoms with Crippen molar-refractivity contribution in [3.8, 4) is 0 Å². The Balaban J connectivity index is 2.59. The summed E-state index contributed by atoms with van der Waals surface area (Å²) in [6.45, 7) is 2.06. The molecule has 0 fully saturated rings. The molecule has 1 heterocycles. The predicted octanol–water partition coefficient (Wildman–Crippen LogP) is 2.84. The Hall–Kier alpha value is -1.42. The molecule has 3 nitrogen and oxygen atoms in total. The molecule has 0 aromatic carbocycles. The van der Waals surface area contributed by atoms with Gasteiger partial charge in [-0.3, -0.25) is 9.78 Å². The summed E-state index contributed by atoms with van der Waals surface area (Å²) in [4.78, 5) is 14.7. The molecule has 1 rings (SSSR count). The quantitative estimate of drug-likeness (QED) is 0.764. The van der Waals surface area contributed by atoms with Gasteiger partial charge in [-0.05, 0) is 19.1 Å². The molecule has 0 bridgehead atoms. The highest BCUT2D eigenvalue weighted by Crippen LogP contribution is 2.12. The fourth-order valence-corrected chi connectivity index (χ4v) is 1.18. The van der Waals surface area contributed by atoms with E-state index in [0.717, 1.165) is 0 Å². The van der Waals surface area contributed by atoms with Crippen LogP contribution >= 0.6 is 11.6 Å². The number of hydrogen-bond acceptors (Lipinski definition) is 3. The van der Waals surface area contributed by atoms with Crippen LogP contribution in [0.1, 0.15) is 19.0 Å². The lowest BCUT2D eigenvalue weighted by molar-refractivity contribution is -0.142. The van der Waals surface area contributed by atoms with E-state index >= 15 is 0 Å². The number of ether oxygens (including phenoxy) is 1. The summed E-state index contributed by atoms with van der Waals surface area (Å²) < 4.78 is 17.9. The second-order valence-corrected chi connectivity index (χ2v) is 3.37. The standard InChI is InChI=1S/C11H11ClFNO2/c1-2-16-11(15)5-3-4-10-9(13)6-8(12)7-14-10/h3-4,6-7H,2,5H2,1H3. The maximum atomic E-state index is 13.2. The van der Waals surface area contributed by atoms with Crippen molar-refractivity contribution in [3.63, 3.8) is 0 Å². The van der Waals surface area contributed by atoms with Crippen LogP contribution in [0, 0.1) is 5.82 Å². The van der Waals surface area contributed by atoms with Crippen LogP contribution in [0.15, 0.2) is 18.3 Å². The molecule has 86 valence electrons. The van der Waals surface area contributed by atoms with E-state index in [9.17, 15) is 9.18 Å². The minimum Gasteiger partial charge on any atom is -0.466 e. The van der Waals surface area contributed by atoms with Crippen LogP contribution in [0.4, 0.5) is 4.39 Å². The van der Waals surface area contributed by atoms with Crippen molar-refractivity contribution in [2.75, 3.05) is 6.61 Å². The van der Waals surface area contributed by atoms with Crippen molar-refractivity contribution < 1.29 is 13.9 Å². The van der Waals surface area contributed by atoms with Gasteiger partial charge in [-0.15, -0.1) is 0 Å². The first-order valence-electron chi connectivity index (χ1n) is 4.76. The highest BCUT2D eigenvalue weighted by atomic mass is 35.5. The summed E-state index contributed by atoms with van der Waals surface area (Å²) in [5.74, 6) is -0.874.